The number of nitrogens with one attached hydrogen (secondary N) is 1. The Kier molecular flexibility index (Phi) is 4.95. The first kappa shape index (κ1) is 16.2. The number of benzene rings is 2. The number of hydrogen-bond acceptors (Lipinski definition) is 4. The quantitative estimate of drug-likeness (QED) is 0.860. The van der Waals surface area contributed by atoms with Crippen molar-refractivity contribution in [3.05, 3.63) is 65.7 Å². The summed E-state index contributed by atoms with van der Waals surface area (Å²) in [6, 6.07) is 15.1. The molecule has 6 heteroatoms. The van der Waals surface area contributed by atoms with Gasteiger partial charge in [-0.2, -0.15) is 0 Å². The summed E-state index contributed by atoms with van der Waals surface area (Å²) >= 11 is 0. The van der Waals surface area contributed by atoms with Gasteiger partial charge in [0.2, 0.25) is 10.0 Å². The normalized spacial score (nSPS) is 12.6. The molecule has 0 aliphatic heterocycles. The summed E-state index contributed by atoms with van der Waals surface area (Å²) in [5.41, 5.74) is 1.06. The van der Waals surface area contributed by atoms with Gasteiger partial charge in [0.05, 0.1) is 10.5 Å². The van der Waals surface area contributed by atoms with Crippen molar-refractivity contribution < 1.29 is 17.9 Å². The zero-order valence-corrected chi connectivity index (χ0v) is 13.1. The second kappa shape index (κ2) is 6.72. The van der Waals surface area contributed by atoms with E-state index in [1.54, 1.807) is 6.92 Å². The van der Waals surface area contributed by atoms with Crippen LogP contribution in [0.25, 0.3) is 0 Å². The molecule has 0 aromatic heterocycles. The van der Waals surface area contributed by atoms with Crippen molar-refractivity contribution in [1.29, 1.82) is 0 Å². The van der Waals surface area contributed by atoms with Crippen molar-refractivity contribution in [1.82, 2.24) is 4.72 Å². The molecule has 2 rings (SSSR count). The van der Waals surface area contributed by atoms with Crippen molar-refractivity contribution in [3.63, 3.8) is 0 Å². The summed E-state index contributed by atoms with van der Waals surface area (Å²) in [6.45, 7) is 1.77. The Bertz CT molecular complexity index is 757. The van der Waals surface area contributed by atoms with Gasteiger partial charge in [0.25, 0.3) is 0 Å². The van der Waals surface area contributed by atoms with Gasteiger partial charge >= 0.3 is 5.97 Å². The standard InChI is InChI=1S/C16H17NO4S/c1-12(13-7-4-3-5-8-13)21-16(18)14-9-6-10-15(11-14)22(19,20)17-2/h3-12,17H,1-2H3/t12-/m0/s1. The van der Waals surface area contributed by atoms with Crippen molar-refractivity contribution in [3.8, 4) is 0 Å². The zero-order chi connectivity index (χ0) is 16.2. The van der Waals surface area contributed by atoms with E-state index in [0.717, 1.165) is 5.56 Å². The fourth-order valence-electron chi connectivity index (χ4n) is 1.93. The fourth-order valence-corrected chi connectivity index (χ4v) is 2.70. The van der Waals surface area contributed by atoms with Crippen LogP contribution in [0.4, 0.5) is 0 Å². The summed E-state index contributed by atoms with van der Waals surface area (Å²) in [5, 5.41) is 0. The predicted octanol–water partition coefficient (Wildman–Crippen LogP) is 2.51. The van der Waals surface area contributed by atoms with E-state index in [4.69, 9.17) is 4.74 Å². The minimum atomic E-state index is -3.59. The highest BCUT2D eigenvalue weighted by molar-refractivity contribution is 7.89. The van der Waals surface area contributed by atoms with E-state index >= 15 is 0 Å². The molecule has 0 heterocycles. The van der Waals surface area contributed by atoms with Crippen molar-refractivity contribution >= 4 is 16.0 Å². The molecule has 22 heavy (non-hydrogen) atoms. The molecule has 0 bridgehead atoms. The van der Waals surface area contributed by atoms with Crippen LogP contribution in [0.2, 0.25) is 0 Å². The largest absolute Gasteiger partial charge is 0.454 e. The van der Waals surface area contributed by atoms with Crippen LogP contribution in [0.15, 0.2) is 59.5 Å². The van der Waals surface area contributed by atoms with Gasteiger partial charge < -0.3 is 4.74 Å². The van der Waals surface area contributed by atoms with E-state index in [0.29, 0.717) is 0 Å². The van der Waals surface area contributed by atoms with E-state index in [1.165, 1.54) is 31.3 Å². The molecular formula is C16H17NO4S. The monoisotopic (exact) mass is 319 g/mol. The summed E-state index contributed by atoms with van der Waals surface area (Å²) in [4.78, 5) is 12.2. The van der Waals surface area contributed by atoms with E-state index in [1.807, 2.05) is 30.3 Å². The Balaban J connectivity index is 2.19. The lowest BCUT2D eigenvalue weighted by Gasteiger charge is -2.14. The molecule has 2 aromatic rings. The third kappa shape index (κ3) is 3.72. The van der Waals surface area contributed by atoms with Crippen LogP contribution in [0, 0.1) is 0 Å². The zero-order valence-electron chi connectivity index (χ0n) is 12.3. The highest BCUT2D eigenvalue weighted by Crippen LogP contribution is 2.19. The van der Waals surface area contributed by atoms with Crippen molar-refractivity contribution in [2.24, 2.45) is 0 Å². The molecule has 0 radical (unpaired) electrons. The van der Waals surface area contributed by atoms with Gasteiger partial charge in [-0.3, -0.25) is 0 Å². The van der Waals surface area contributed by atoms with Crippen LogP contribution >= 0.6 is 0 Å². The number of hydrogen-bond donors (Lipinski definition) is 1. The molecule has 0 saturated heterocycles. The fraction of sp³-hybridized carbons (Fsp3) is 0.188. The number of carbonyl (C=O) groups is 1. The third-order valence-electron chi connectivity index (χ3n) is 3.20. The van der Waals surface area contributed by atoms with Crippen LogP contribution in [-0.2, 0) is 14.8 Å². The highest BCUT2D eigenvalue weighted by atomic mass is 32.2. The Morgan fingerprint density at radius 3 is 2.41 bits per heavy atom. The first-order chi connectivity index (χ1) is 10.4. The maximum absolute atomic E-state index is 12.2. The van der Waals surface area contributed by atoms with Crippen LogP contribution in [0.1, 0.15) is 28.9 Å². The summed E-state index contributed by atoms with van der Waals surface area (Å²) in [5.74, 6) is -0.565. The Hall–Kier alpha value is -2.18. The highest BCUT2D eigenvalue weighted by Gasteiger charge is 2.17. The number of ether oxygens (including phenoxy) is 1. The molecule has 0 amide bonds. The van der Waals surface area contributed by atoms with Crippen LogP contribution < -0.4 is 4.72 Å². The van der Waals surface area contributed by atoms with Gasteiger partial charge in [0.15, 0.2) is 0 Å². The second-order valence-electron chi connectivity index (χ2n) is 4.69. The van der Waals surface area contributed by atoms with Gasteiger partial charge in [-0.15, -0.1) is 0 Å². The smallest absolute Gasteiger partial charge is 0.338 e. The van der Waals surface area contributed by atoms with E-state index < -0.39 is 22.1 Å². The van der Waals surface area contributed by atoms with Gasteiger partial charge in [-0.05, 0) is 37.7 Å². The molecule has 0 aliphatic carbocycles. The number of rotatable bonds is 5. The Labute approximate surface area is 130 Å². The van der Waals surface area contributed by atoms with Gasteiger partial charge in [-0.25, -0.2) is 17.9 Å². The summed E-state index contributed by atoms with van der Waals surface area (Å²) in [7, 11) is -2.28. The molecule has 116 valence electrons. The maximum atomic E-state index is 12.2. The lowest BCUT2D eigenvalue weighted by Crippen LogP contribution is -2.19. The average molecular weight is 319 g/mol. The minimum Gasteiger partial charge on any atom is -0.454 e. The molecule has 1 atom stereocenters. The van der Waals surface area contributed by atoms with E-state index in [2.05, 4.69) is 4.72 Å². The third-order valence-corrected chi connectivity index (χ3v) is 4.61. The first-order valence-electron chi connectivity index (χ1n) is 6.73. The second-order valence-corrected chi connectivity index (χ2v) is 6.58. The van der Waals surface area contributed by atoms with Gasteiger partial charge in [-0.1, -0.05) is 36.4 Å². The molecule has 5 nitrogen and oxygen atoms in total. The topological polar surface area (TPSA) is 72.5 Å². The lowest BCUT2D eigenvalue weighted by molar-refractivity contribution is 0.0337. The molecule has 0 fully saturated rings. The molecular weight excluding hydrogens is 302 g/mol. The van der Waals surface area contributed by atoms with Crippen LogP contribution in [0.3, 0.4) is 0 Å². The summed E-state index contributed by atoms with van der Waals surface area (Å²) < 4.78 is 31.1. The molecule has 0 aliphatic rings. The molecule has 0 saturated carbocycles. The Morgan fingerprint density at radius 1 is 1.09 bits per heavy atom. The lowest BCUT2D eigenvalue weighted by atomic mass is 10.1. The van der Waals surface area contributed by atoms with E-state index in [-0.39, 0.29) is 10.5 Å². The minimum absolute atomic E-state index is 0.0248. The van der Waals surface area contributed by atoms with Crippen molar-refractivity contribution in [2.45, 2.75) is 17.9 Å². The summed E-state index contributed by atoms with van der Waals surface area (Å²) in [6.07, 6.45) is -0.418. The average Bonchev–Trinajstić information content (AvgIpc) is 2.55. The Morgan fingerprint density at radius 2 is 1.77 bits per heavy atom. The number of esters is 1. The van der Waals surface area contributed by atoms with Gasteiger partial charge in [0.1, 0.15) is 6.10 Å². The number of sulfonamides is 1. The molecule has 0 spiro atoms. The SMILES string of the molecule is CNS(=O)(=O)c1cccc(C(=O)O[C@@H](C)c2ccccc2)c1. The molecule has 2 aromatic carbocycles. The number of carbonyl (C=O) groups excluding carboxylic acids is 1. The first-order valence-corrected chi connectivity index (χ1v) is 8.22. The van der Waals surface area contributed by atoms with Gasteiger partial charge in [0, 0.05) is 0 Å². The van der Waals surface area contributed by atoms with Crippen molar-refractivity contribution in [2.75, 3.05) is 7.05 Å². The van der Waals surface area contributed by atoms with Crippen LogP contribution in [-0.4, -0.2) is 21.4 Å². The van der Waals surface area contributed by atoms with Crippen LogP contribution in [0.5, 0.6) is 0 Å². The van der Waals surface area contributed by atoms with E-state index in [9.17, 15) is 13.2 Å². The molecule has 0 unspecified atom stereocenters. The predicted molar refractivity (Wildman–Crippen MR) is 83.0 cm³/mol. The molecule has 1 N–H and O–H groups in total. The maximum Gasteiger partial charge on any atom is 0.338 e.